The number of aromatic nitrogens is 1. The van der Waals surface area contributed by atoms with Crippen LogP contribution >= 0.6 is 0 Å². The normalized spacial score (nSPS) is 23.8. The summed E-state index contributed by atoms with van der Waals surface area (Å²) in [5.74, 6) is 0.847. The van der Waals surface area contributed by atoms with E-state index < -0.39 is 0 Å². The lowest BCUT2D eigenvalue weighted by molar-refractivity contribution is 0.250. The molecule has 2 N–H and O–H groups in total. The Morgan fingerprint density at radius 3 is 3.00 bits per heavy atom. The first-order valence-electron chi connectivity index (χ1n) is 5.38. The fourth-order valence-electron chi connectivity index (χ4n) is 2.55. The SMILES string of the molecule is CNCC1CC(C)(C)Cc2[nH]c(=O)oc21. The van der Waals surface area contributed by atoms with E-state index in [1.54, 1.807) is 0 Å². The third kappa shape index (κ3) is 2.00. The third-order valence-electron chi connectivity index (χ3n) is 3.03. The summed E-state index contributed by atoms with van der Waals surface area (Å²) in [6.45, 7) is 5.31. The van der Waals surface area contributed by atoms with Gasteiger partial charge in [0.25, 0.3) is 0 Å². The average molecular weight is 210 g/mol. The van der Waals surface area contributed by atoms with E-state index in [2.05, 4.69) is 24.1 Å². The zero-order valence-corrected chi connectivity index (χ0v) is 9.52. The maximum atomic E-state index is 11.2. The lowest BCUT2D eigenvalue weighted by Gasteiger charge is -2.33. The summed E-state index contributed by atoms with van der Waals surface area (Å²) in [5.41, 5.74) is 1.22. The number of likely N-dealkylation sites (N-methyl/N-ethyl adjacent to an activating group) is 1. The molecule has 2 rings (SSSR count). The van der Waals surface area contributed by atoms with E-state index in [4.69, 9.17) is 4.42 Å². The fourth-order valence-corrected chi connectivity index (χ4v) is 2.55. The van der Waals surface area contributed by atoms with Crippen LogP contribution in [0.3, 0.4) is 0 Å². The molecule has 0 saturated carbocycles. The molecular formula is C11H18N2O2. The molecule has 1 heterocycles. The van der Waals surface area contributed by atoms with Crippen LogP contribution in [0, 0.1) is 5.41 Å². The zero-order valence-electron chi connectivity index (χ0n) is 9.52. The smallest absolute Gasteiger partial charge is 0.412 e. The van der Waals surface area contributed by atoms with Crippen molar-refractivity contribution >= 4 is 0 Å². The Labute approximate surface area is 89.1 Å². The monoisotopic (exact) mass is 210 g/mol. The van der Waals surface area contributed by atoms with Crippen molar-refractivity contribution in [2.75, 3.05) is 13.6 Å². The first-order valence-corrected chi connectivity index (χ1v) is 5.38. The summed E-state index contributed by atoms with van der Waals surface area (Å²) >= 11 is 0. The van der Waals surface area contributed by atoms with Gasteiger partial charge in [-0.2, -0.15) is 0 Å². The van der Waals surface area contributed by atoms with Gasteiger partial charge in [-0.1, -0.05) is 13.8 Å². The van der Waals surface area contributed by atoms with Crippen molar-refractivity contribution < 1.29 is 4.42 Å². The van der Waals surface area contributed by atoms with E-state index in [0.29, 0.717) is 5.92 Å². The minimum Gasteiger partial charge on any atom is -0.412 e. The molecule has 0 aromatic carbocycles. The second-order valence-electron chi connectivity index (χ2n) is 5.16. The van der Waals surface area contributed by atoms with Gasteiger partial charge in [-0.25, -0.2) is 4.79 Å². The number of fused-ring (bicyclic) bond motifs is 1. The van der Waals surface area contributed by atoms with Gasteiger partial charge in [-0.15, -0.1) is 0 Å². The Morgan fingerprint density at radius 2 is 2.33 bits per heavy atom. The van der Waals surface area contributed by atoms with E-state index in [9.17, 15) is 4.79 Å². The lowest BCUT2D eigenvalue weighted by Crippen LogP contribution is -2.30. The second kappa shape index (κ2) is 3.52. The minimum absolute atomic E-state index is 0.237. The average Bonchev–Trinajstić information content (AvgIpc) is 2.44. The highest BCUT2D eigenvalue weighted by Crippen LogP contribution is 2.40. The molecule has 0 spiro atoms. The number of hydrogen-bond acceptors (Lipinski definition) is 3. The molecule has 15 heavy (non-hydrogen) atoms. The van der Waals surface area contributed by atoms with Gasteiger partial charge in [0.05, 0.1) is 5.69 Å². The lowest BCUT2D eigenvalue weighted by atomic mass is 9.73. The van der Waals surface area contributed by atoms with E-state index >= 15 is 0 Å². The van der Waals surface area contributed by atoms with Crippen molar-refractivity contribution in [2.45, 2.75) is 32.6 Å². The van der Waals surface area contributed by atoms with Crippen LogP contribution in [0.4, 0.5) is 0 Å². The molecule has 1 aliphatic carbocycles. The molecular weight excluding hydrogens is 192 g/mol. The molecule has 0 bridgehead atoms. The maximum absolute atomic E-state index is 11.2. The predicted molar refractivity (Wildman–Crippen MR) is 58.1 cm³/mol. The second-order valence-corrected chi connectivity index (χ2v) is 5.16. The van der Waals surface area contributed by atoms with Crippen LogP contribution in [0.1, 0.15) is 37.6 Å². The summed E-state index contributed by atoms with van der Waals surface area (Å²) in [7, 11) is 1.92. The van der Waals surface area contributed by atoms with Crippen LogP contribution in [-0.4, -0.2) is 18.6 Å². The quantitative estimate of drug-likeness (QED) is 0.772. The molecule has 1 unspecified atom stereocenters. The zero-order chi connectivity index (χ0) is 11.1. The highest BCUT2D eigenvalue weighted by molar-refractivity contribution is 5.19. The number of oxazole rings is 1. The van der Waals surface area contributed by atoms with E-state index in [-0.39, 0.29) is 11.2 Å². The number of rotatable bonds is 2. The van der Waals surface area contributed by atoms with Crippen molar-refractivity contribution in [3.63, 3.8) is 0 Å². The van der Waals surface area contributed by atoms with Crippen LogP contribution in [0.25, 0.3) is 0 Å². The molecule has 4 heteroatoms. The Bertz CT molecular complexity index is 403. The summed E-state index contributed by atoms with van der Waals surface area (Å²) in [6.07, 6.45) is 1.95. The van der Waals surface area contributed by atoms with Gasteiger partial charge in [0.1, 0.15) is 5.76 Å². The topological polar surface area (TPSA) is 58.0 Å². The van der Waals surface area contributed by atoms with Gasteiger partial charge >= 0.3 is 5.76 Å². The number of hydrogen-bond donors (Lipinski definition) is 2. The Kier molecular flexibility index (Phi) is 2.46. The highest BCUT2D eigenvalue weighted by atomic mass is 16.4. The van der Waals surface area contributed by atoms with Crippen molar-refractivity contribution in [3.05, 3.63) is 22.0 Å². The molecule has 1 aromatic rings. The number of aromatic amines is 1. The van der Waals surface area contributed by atoms with Gasteiger partial charge < -0.3 is 9.73 Å². The van der Waals surface area contributed by atoms with Crippen molar-refractivity contribution in [1.29, 1.82) is 0 Å². The van der Waals surface area contributed by atoms with Gasteiger partial charge in [0.2, 0.25) is 0 Å². The summed E-state index contributed by atoms with van der Waals surface area (Å²) in [6, 6.07) is 0. The largest absolute Gasteiger partial charge is 0.416 e. The van der Waals surface area contributed by atoms with Crippen LogP contribution in [-0.2, 0) is 6.42 Å². The Balaban J connectivity index is 2.38. The van der Waals surface area contributed by atoms with Gasteiger partial charge in [-0.05, 0) is 25.3 Å². The molecule has 4 nitrogen and oxygen atoms in total. The summed E-state index contributed by atoms with van der Waals surface area (Å²) in [4.78, 5) is 14.0. The molecule has 84 valence electrons. The van der Waals surface area contributed by atoms with Crippen LogP contribution in [0.15, 0.2) is 9.21 Å². The molecule has 0 aliphatic heterocycles. The third-order valence-corrected chi connectivity index (χ3v) is 3.03. The van der Waals surface area contributed by atoms with Gasteiger partial charge in [0, 0.05) is 12.5 Å². The Hall–Kier alpha value is -1.03. The molecule has 0 amide bonds. The van der Waals surface area contributed by atoms with Crippen molar-refractivity contribution in [2.24, 2.45) is 5.41 Å². The van der Waals surface area contributed by atoms with Crippen molar-refractivity contribution in [3.8, 4) is 0 Å². The first kappa shape index (κ1) is 10.5. The van der Waals surface area contributed by atoms with Crippen LogP contribution < -0.4 is 11.1 Å². The van der Waals surface area contributed by atoms with E-state index in [0.717, 1.165) is 30.8 Å². The summed E-state index contributed by atoms with van der Waals surface area (Å²) < 4.78 is 5.21. The molecule has 1 atom stereocenters. The predicted octanol–water partition coefficient (Wildman–Crippen LogP) is 1.24. The van der Waals surface area contributed by atoms with Gasteiger partial charge in [0.15, 0.2) is 0 Å². The molecule has 0 fully saturated rings. The van der Waals surface area contributed by atoms with E-state index in [1.165, 1.54) is 0 Å². The molecule has 1 aromatic heterocycles. The first-order chi connectivity index (χ1) is 7.02. The number of nitrogens with one attached hydrogen (secondary N) is 2. The van der Waals surface area contributed by atoms with Crippen molar-refractivity contribution in [1.82, 2.24) is 10.3 Å². The molecule has 1 aliphatic rings. The maximum Gasteiger partial charge on any atom is 0.416 e. The molecule has 0 saturated heterocycles. The van der Waals surface area contributed by atoms with Crippen LogP contribution in [0.2, 0.25) is 0 Å². The fraction of sp³-hybridized carbons (Fsp3) is 0.727. The Morgan fingerprint density at radius 1 is 1.60 bits per heavy atom. The highest BCUT2D eigenvalue weighted by Gasteiger charge is 2.35. The standard InChI is InChI=1S/C11H18N2O2/c1-11(2)4-7(6-12-3)9-8(5-11)13-10(14)15-9/h7,12H,4-6H2,1-3H3,(H,13,14). The van der Waals surface area contributed by atoms with Crippen LogP contribution in [0.5, 0.6) is 0 Å². The molecule has 0 radical (unpaired) electrons. The number of H-pyrrole nitrogens is 1. The minimum atomic E-state index is -0.321. The van der Waals surface area contributed by atoms with E-state index in [1.807, 2.05) is 7.05 Å². The summed E-state index contributed by atoms with van der Waals surface area (Å²) in [5, 5.41) is 3.15. The van der Waals surface area contributed by atoms with Gasteiger partial charge in [-0.3, -0.25) is 4.98 Å².